The van der Waals surface area contributed by atoms with Gasteiger partial charge in [-0.25, -0.2) is 15.0 Å². The zero-order valence-electron chi connectivity index (χ0n) is 17.0. The van der Waals surface area contributed by atoms with Crippen molar-refractivity contribution in [3.63, 3.8) is 0 Å². The summed E-state index contributed by atoms with van der Waals surface area (Å²) in [5.74, 6) is 3.87. The lowest BCUT2D eigenvalue weighted by Gasteiger charge is -2.38. The molecule has 0 unspecified atom stereocenters. The molecule has 1 heterocycles. The highest BCUT2D eigenvalue weighted by atomic mass is 35.5. The molecule has 12 heteroatoms. The Bertz CT molecular complexity index is 807. The average Bonchev–Trinajstić information content (AvgIpc) is 2.67. The number of ether oxygens (including phenoxy) is 2. The number of halogens is 2. The molecule has 2 rings (SSSR count). The van der Waals surface area contributed by atoms with Gasteiger partial charge in [0, 0.05) is 12.2 Å². The summed E-state index contributed by atoms with van der Waals surface area (Å²) in [5.41, 5.74) is 1.33. The van der Waals surface area contributed by atoms with Gasteiger partial charge in [-0.15, -0.1) is 0 Å². The topological polar surface area (TPSA) is 123 Å². The first-order chi connectivity index (χ1) is 14.0. The Hall–Kier alpha value is -2.37. The van der Waals surface area contributed by atoms with Gasteiger partial charge in [0.25, 0.3) is 5.91 Å². The summed E-state index contributed by atoms with van der Waals surface area (Å²) in [6.07, 6.45) is -0.0905. The fourth-order valence-electron chi connectivity index (χ4n) is 2.96. The maximum atomic E-state index is 13.4. The maximum Gasteiger partial charge on any atom is 0.410 e. The van der Waals surface area contributed by atoms with Crippen LogP contribution in [0.5, 0.6) is 5.75 Å². The van der Waals surface area contributed by atoms with Crippen LogP contribution in [0.3, 0.4) is 0 Å². The van der Waals surface area contributed by atoms with E-state index in [0.717, 1.165) is 6.07 Å². The summed E-state index contributed by atoms with van der Waals surface area (Å²) >= 11 is 5.61. The number of amides is 3. The summed E-state index contributed by atoms with van der Waals surface area (Å²) in [6.45, 7) is 4.85. The van der Waals surface area contributed by atoms with Crippen molar-refractivity contribution in [1.82, 2.24) is 15.3 Å². The molecule has 1 aliphatic heterocycles. The van der Waals surface area contributed by atoms with Crippen molar-refractivity contribution in [3.8, 4) is 5.75 Å². The third kappa shape index (κ3) is 6.85. The quantitative estimate of drug-likeness (QED) is 0.263. The number of nitrogens with zero attached hydrogens (tertiary/aromatic N) is 1. The molecule has 3 amide bonds. The molecule has 0 aliphatic carbocycles. The van der Waals surface area contributed by atoms with E-state index in [1.54, 1.807) is 20.8 Å². The summed E-state index contributed by atoms with van der Waals surface area (Å²) < 4.78 is 24.1. The van der Waals surface area contributed by atoms with E-state index in [9.17, 15) is 18.8 Å². The van der Waals surface area contributed by atoms with Gasteiger partial charge in [-0.3, -0.25) is 19.9 Å². The predicted octanol–water partition coefficient (Wildman–Crippen LogP) is 1.24. The molecule has 4 N–H and O–H groups in total. The Morgan fingerprint density at radius 2 is 2.07 bits per heavy atom. The van der Waals surface area contributed by atoms with Crippen LogP contribution in [-0.2, 0) is 14.3 Å². The second-order valence-electron chi connectivity index (χ2n) is 7.86. The standard InChI is InChI=1S/C18H26ClFN4O5Si/c1-18(2,3)29-17(27)24-10-30(7-6-14(24)16(26)22-21)23-15(25)9-28-11-4-5-12(19)13(20)8-11/h4-5,8,14,30H,6-7,9-10,21H2,1-3H3,(H,22,26)(H,23,25)/t14-,30+/m1/s1. The Balaban J connectivity index is 1.96. The van der Waals surface area contributed by atoms with E-state index in [0.29, 0.717) is 12.5 Å². The number of rotatable bonds is 5. The van der Waals surface area contributed by atoms with Gasteiger partial charge < -0.3 is 14.5 Å². The summed E-state index contributed by atoms with van der Waals surface area (Å²) in [7, 11) is -1.97. The van der Waals surface area contributed by atoms with E-state index in [4.69, 9.17) is 26.9 Å². The highest BCUT2D eigenvalue weighted by Gasteiger charge is 2.39. The molecule has 1 fully saturated rings. The van der Waals surface area contributed by atoms with E-state index >= 15 is 0 Å². The Kier molecular flexibility index (Phi) is 8.04. The highest BCUT2D eigenvalue weighted by Crippen LogP contribution is 2.21. The lowest BCUT2D eigenvalue weighted by Crippen LogP contribution is -2.61. The molecule has 1 aromatic carbocycles. The zero-order chi connectivity index (χ0) is 22.5. The van der Waals surface area contributed by atoms with Gasteiger partial charge in [0.1, 0.15) is 23.2 Å². The molecule has 2 atom stereocenters. The summed E-state index contributed by atoms with van der Waals surface area (Å²) in [6, 6.07) is 3.70. The normalized spacial score (nSPS) is 19.1. The van der Waals surface area contributed by atoms with Crippen LogP contribution in [0.4, 0.5) is 9.18 Å². The van der Waals surface area contributed by atoms with Crippen LogP contribution < -0.4 is 21.0 Å². The van der Waals surface area contributed by atoms with Gasteiger partial charge in [0.05, 0.1) is 5.02 Å². The minimum Gasteiger partial charge on any atom is -0.484 e. The van der Waals surface area contributed by atoms with Gasteiger partial charge in [-0.1, -0.05) is 11.6 Å². The number of nitrogens with one attached hydrogen (secondary N) is 2. The van der Waals surface area contributed by atoms with Crippen molar-refractivity contribution in [1.29, 1.82) is 0 Å². The minimum atomic E-state index is -1.97. The number of carbonyl (C=O) groups is 3. The van der Waals surface area contributed by atoms with Gasteiger partial charge in [-0.05, 0) is 45.4 Å². The highest BCUT2D eigenvalue weighted by molar-refractivity contribution is 6.59. The molecule has 0 aromatic heterocycles. The first-order valence-corrected chi connectivity index (χ1v) is 12.0. The van der Waals surface area contributed by atoms with Crippen molar-refractivity contribution in [2.24, 2.45) is 5.84 Å². The molecule has 0 saturated carbocycles. The minimum absolute atomic E-state index is 0.0419. The smallest absolute Gasteiger partial charge is 0.410 e. The second kappa shape index (κ2) is 10.1. The molecular formula is C18H26ClFN4O5Si. The number of hydrazine groups is 1. The second-order valence-corrected chi connectivity index (χ2v) is 10.9. The molecule has 0 spiro atoms. The maximum absolute atomic E-state index is 13.4. The molecule has 30 heavy (non-hydrogen) atoms. The largest absolute Gasteiger partial charge is 0.484 e. The molecular weight excluding hydrogens is 435 g/mol. The zero-order valence-corrected chi connectivity index (χ0v) is 18.9. The van der Waals surface area contributed by atoms with Crippen LogP contribution in [0.25, 0.3) is 0 Å². The van der Waals surface area contributed by atoms with E-state index < -0.39 is 44.3 Å². The number of hydrogen-bond acceptors (Lipinski definition) is 6. The lowest BCUT2D eigenvalue weighted by molar-refractivity contribution is -0.126. The fraction of sp³-hybridized carbons (Fsp3) is 0.500. The first kappa shape index (κ1) is 23.9. The van der Waals surface area contributed by atoms with Gasteiger partial charge in [-0.2, -0.15) is 0 Å². The Morgan fingerprint density at radius 1 is 1.37 bits per heavy atom. The SMILES string of the molecule is CC(C)(C)OC(=O)N1C[Si@@H](NC(=O)COc2ccc(Cl)c(F)c2)CC[C@@H]1C(=O)NN. The van der Waals surface area contributed by atoms with Gasteiger partial charge in [0.2, 0.25) is 5.91 Å². The summed E-state index contributed by atoms with van der Waals surface area (Å²) in [4.78, 5) is 41.1. The monoisotopic (exact) mass is 460 g/mol. The van der Waals surface area contributed by atoms with Crippen molar-refractivity contribution in [2.45, 2.75) is 44.9 Å². The summed E-state index contributed by atoms with van der Waals surface area (Å²) in [5, 5.41) is -0.0419. The van der Waals surface area contributed by atoms with Gasteiger partial charge >= 0.3 is 6.09 Å². The number of hydrogen-bond donors (Lipinski definition) is 3. The van der Waals surface area contributed by atoms with Crippen LogP contribution in [0.15, 0.2) is 18.2 Å². The average molecular weight is 461 g/mol. The van der Waals surface area contributed by atoms with E-state index in [2.05, 4.69) is 10.4 Å². The molecule has 0 bridgehead atoms. The molecule has 166 valence electrons. The van der Waals surface area contributed by atoms with E-state index in [-0.39, 0.29) is 23.5 Å². The molecule has 1 aliphatic rings. The molecule has 1 saturated heterocycles. The van der Waals surface area contributed by atoms with Crippen LogP contribution >= 0.6 is 11.6 Å². The fourth-order valence-corrected chi connectivity index (χ4v) is 5.64. The Morgan fingerprint density at radius 3 is 2.67 bits per heavy atom. The van der Waals surface area contributed by atoms with E-state index in [1.165, 1.54) is 17.0 Å². The number of carbonyl (C=O) groups excluding carboxylic acids is 3. The van der Waals surface area contributed by atoms with Crippen molar-refractivity contribution >= 4 is 38.5 Å². The number of benzene rings is 1. The van der Waals surface area contributed by atoms with Crippen molar-refractivity contribution in [3.05, 3.63) is 29.0 Å². The van der Waals surface area contributed by atoms with Crippen LogP contribution in [0, 0.1) is 5.82 Å². The third-order valence-electron chi connectivity index (χ3n) is 4.28. The lowest BCUT2D eigenvalue weighted by atomic mass is 10.2. The van der Waals surface area contributed by atoms with Crippen LogP contribution in [0.2, 0.25) is 11.1 Å². The van der Waals surface area contributed by atoms with Gasteiger partial charge in [0.15, 0.2) is 15.6 Å². The predicted molar refractivity (Wildman–Crippen MR) is 111 cm³/mol. The molecule has 0 radical (unpaired) electrons. The molecule has 1 aromatic rings. The third-order valence-corrected chi connectivity index (χ3v) is 7.18. The Labute approximate surface area is 180 Å². The first-order valence-electron chi connectivity index (χ1n) is 9.37. The number of nitrogens with two attached hydrogens (primary N) is 1. The van der Waals surface area contributed by atoms with Crippen molar-refractivity contribution in [2.75, 3.05) is 12.8 Å². The molecule has 9 nitrogen and oxygen atoms in total. The van der Waals surface area contributed by atoms with Crippen LogP contribution in [0.1, 0.15) is 27.2 Å². The van der Waals surface area contributed by atoms with Crippen molar-refractivity contribution < 1.29 is 28.2 Å². The van der Waals surface area contributed by atoms with Crippen LogP contribution in [-0.4, -0.2) is 56.2 Å². The van der Waals surface area contributed by atoms with E-state index in [1.807, 2.05) is 0 Å².